The smallest absolute Gasteiger partial charge is 0.422 e. The van der Waals surface area contributed by atoms with E-state index < -0.39 is 18.8 Å². The van der Waals surface area contributed by atoms with Crippen LogP contribution in [-0.2, 0) is 0 Å². The Morgan fingerprint density at radius 1 is 1.12 bits per heavy atom. The molecule has 0 spiro atoms. The first-order valence-electron chi connectivity index (χ1n) is 7.32. The van der Waals surface area contributed by atoms with E-state index in [1.54, 1.807) is 24.3 Å². The third-order valence-corrected chi connectivity index (χ3v) is 3.25. The van der Waals surface area contributed by atoms with Crippen molar-refractivity contribution in [2.45, 2.75) is 6.18 Å². The van der Waals surface area contributed by atoms with Gasteiger partial charge in [0, 0.05) is 11.6 Å². The molecule has 0 radical (unpaired) electrons. The Kier molecular flexibility index (Phi) is 4.65. The number of nitrogens with zero attached hydrogens (tertiary/aromatic N) is 4. The van der Waals surface area contributed by atoms with Gasteiger partial charge in [0.2, 0.25) is 5.88 Å². The van der Waals surface area contributed by atoms with Crippen LogP contribution in [0.2, 0.25) is 0 Å². The van der Waals surface area contributed by atoms with Crippen molar-refractivity contribution in [2.75, 3.05) is 13.7 Å². The van der Waals surface area contributed by atoms with Gasteiger partial charge < -0.3 is 14.6 Å². The quantitative estimate of drug-likeness (QED) is 0.748. The molecule has 136 valence electrons. The fraction of sp³-hybridized carbons (Fsp3) is 0.188. The fourth-order valence-electron chi connectivity index (χ4n) is 2.10. The van der Waals surface area contributed by atoms with Crippen molar-refractivity contribution < 1.29 is 27.8 Å². The maximum atomic E-state index is 12.4. The van der Waals surface area contributed by atoms with E-state index in [-0.39, 0.29) is 11.6 Å². The molecule has 0 saturated carbocycles. The zero-order chi connectivity index (χ0) is 18.7. The highest BCUT2D eigenvalue weighted by molar-refractivity contribution is 5.59. The van der Waals surface area contributed by atoms with Crippen LogP contribution in [0.15, 0.2) is 42.6 Å². The van der Waals surface area contributed by atoms with Gasteiger partial charge in [0.05, 0.1) is 19.0 Å². The molecule has 1 N–H and O–H groups in total. The Balaban J connectivity index is 2.01. The van der Waals surface area contributed by atoms with E-state index in [9.17, 15) is 18.3 Å². The predicted molar refractivity (Wildman–Crippen MR) is 84.4 cm³/mol. The molecule has 0 fully saturated rings. The minimum absolute atomic E-state index is 0.0412. The molecule has 0 aliphatic rings. The highest BCUT2D eigenvalue weighted by Crippen LogP contribution is 2.26. The van der Waals surface area contributed by atoms with Gasteiger partial charge in [-0.25, -0.2) is 9.67 Å². The Bertz CT molecular complexity index is 877. The van der Waals surface area contributed by atoms with Crippen molar-refractivity contribution in [3.8, 4) is 34.7 Å². The summed E-state index contributed by atoms with van der Waals surface area (Å²) in [6, 6.07) is 8.74. The van der Waals surface area contributed by atoms with Gasteiger partial charge in [-0.1, -0.05) is 0 Å². The van der Waals surface area contributed by atoms with Crippen molar-refractivity contribution in [1.82, 2.24) is 19.7 Å². The molecule has 7 nitrogen and oxygen atoms in total. The maximum absolute atomic E-state index is 12.4. The summed E-state index contributed by atoms with van der Waals surface area (Å²) >= 11 is 0. The molecule has 2 heterocycles. The molecule has 3 aromatic rings. The zero-order valence-corrected chi connectivity index (χ0v) is 13.4. The van der Waals surface area contributed by atoms with Crippen LogP contribution in [-0.4, -0.2) is 44.7 Å². The lowest BCUT2D eigenvalue weighted by Crippen LogP contribution is -2.19. The second-order valence-electron chi connectivity index (χ2n) is 5.14. The van der Waals surface area contributed by atoms with Gasteiger partial charge in [0.25, 0.3) is 0 Å². The Morgan fingerprint density at radius 3 is 2.42 bits per heavy atom. The van der Waals surface area contributed by atoms with Crippen LogP contribution in [0.3, 0.4) is 0 Å². The van der Waals surface area contributed by atoms with Crippen LogP contribution in [0, 0.1) is 0 Å². The minimum Gasteiger partial charge on any atom is -0.508 e. The summed E-state index contributed by atoms with van der Waals surface area (Å²) in [4.78, 5) is 8.07. The summed E-state index contributed by atoms with van der Waals surface area (Å²) in [7, 11) is 1.46. The molecule has 3 rings (SSSR count). The lowest BCUT2D eigenvalue weighted by molar-refractivity contribution is -0.154. The summed E-state index contributed by atoms with van der Waals surface area (Å²) in [6.07, 6.45) is -3.07. The van der Waals surface area contributed by atoms with Crippen molar-refractivity contribution in [3.63, 3.8) is 0 Å². The zero-order valence-electron chi connectivity index (χ0n) is 13.4. The van der Waals surface area contributed by atoms with Gasteiger partial charge in [0.1, 0.15) is 5.75 Å². The van der Waals surface area contributed by atoms with E-state index in [1.165, 1.54) is 30.1 Å². The first-order valence-corrected chi connectivity index (χ1v) is 7.32. The third kappa shape index (κ3) is 4.02. The van der Waals surface area contributed by atoms with Crippen LogP contribution >= 0.6 is 0 Å². The molecular weight excluding hydrogens is 353 g/mol. The Labute approximate surface area is 145 Å². The highest BCUT2D eigenvalue weighted by Gasteiger charge is 2.29. The SMILES string of the molecule is COc1ccc(-n2nc(OCC(F)(F)F)nc2-c2ccc(O)cc2)cn1. The van der Waals surface area contributed by atoms with Gasteiger partial charge in [-0.15, -0.1) is 5.10 Å². The third-order valence-electron chi connectivity index (χ3n) is 3.25. The molecule has 0 aliphatic carbocycles. The number of hydrogen-bond acceptors (Lipinski definition) is 6. The number of benzene rings is 1. The number of rotatable bonds is 5. The fourth-order valence-corrected chi connectivity index (χ4v) is 2.10. The number of halogens is 3. The van der Waals surface area contributed by atoms with Crippen molar-refractivity contribution in [3.05, 3.63) is 42.6 Å². The van der Waals surface area contributed by atoms with Crippen LogP contribution in [0.1, 0.15) is 0 Å². The molecule has 26 heavy (non-hydrogen) atoms. The Hall–Kier alpha value is -3.30. The molecular formula is C16H13F3N4O3. The number of aromatic nitrogens is 4. The summed E-state index contributed by atoms with van der Waals surface area (Å²) in [6.45, 7) is -1.51. The molecule has 0 saturated heterocycles. The second-order valence-corrected chi connectivity index (χ2v) is 5.14. The number of hydrogen-bond donors (Lipinski definition) is 1. The van der Waals surface area contributed by atoms with Gasteiger partial charge >= 0.3 is 12.2 Å². The number of aromatic hydroxyl groups is 1. The van der Waals surface area contributed by atoms with Gasteiger partial charge in [-0.05, 0) is 30.3 Å². The molecule has 0 unspecified atom stereocenters. The lowest BCUT2D eigenvalue weighted by Gasteiger charge is -2.06. The molecule has 10 heteroatoms. The summed E-state index contributed by atoms with van der Waals surface area (Å²) < 4.78 is 48.1. The normalized spacial score (nSPS) is 11.4. The molecule has 0 amide bonds. The van der Waals surface area contributed by atoms with Gasteiger partial charge in [0.15, 0.2) is 12.4 Å². The maximum Gasteiger partial charge on any atom is 0.422 e. The van der Waals surface area contributed by atoms with Crippen molar-refractivity contribution in [2.24, 2.45) is 0 Å². The lowest BCUT2D eigenvalue weighted by atomic mass is 10.2. The summed E-state index contributed by atoms with van der Waals surface area (Å²) in [5, 5.41) is 13.4. The average molecular weight is 366 g/mol. The summed E-state index contributed by atoms with van der Waals surface area (Å²) in [5.74, 6) is 0.641. The van der Waals surface area contributed by atoms with Crippen LogP contribution in [0.5, 0.6) is 17.6 Å². The van der Waals surface area contributed by atoms with Gasteiger partial charge in [-0.3, -0.25) is 0 Å². The van der Waals surface area contributed by atoms with Gasteiger partial charge in [-0.2, -0.15) is 18.2 Å². The van der Waals surface area contributed by atoms with Crippen LogP contribution in [0.4, 0.5) is 13.2 Å². The minimum atomic E-state index is -4.51. The summed E-state index contributed by atoms with van der Waals surface area (Å²) in [5.41, 5.74) is 0.969. The number of alkyl halides is 3. The number of phenolic OH excluding ortho intramolecular Hbond substituents is 1. The van der Waals surface area contributed by atoms with E-state index >= 15 is 0 Å². The van der Waals surface area contributed by atoms with Crippen LogP contribution < -0.4 is 9.47 Å². The monoisotopic (exact) mass is 366 g/mol. The number of ether oxygens (including phenoxy) is 2. The highest BCUT2D eigenvalue weighted by atomic mass is 19.4. The predicted octanol–water partition coefficient (Wildman–Crippen LogP) is 2.98. The first kappa shape index (κ1) is 17.5. The number of pyridine rings is 1. The molecule has 0 aliphatic heterocycles. The number of methoxy groups -OCH3 is 1. The Morgan fingerprint density at radius 2 is 1.85 bits per heavy atom. The van der Waals surface area contributed by atoms with Crippen molar-refractivity contribution in [1.29, 1.82) is 0 Å². The standard InChI is InChI=1S/C16H13F3N4O3/c1-25-13-7-4-11(8-20-13)23-14(10-2-5-12(24)6-3-10)21-15(22-23)26-9-16(17,18)19/h2-8,24H,9H2,1H3. The largest absolute Gasteiger partial charge is 0.508 e. The van der Waals surface area contributed by atoms with Crippen LogP contribution in [0.25, 0.3) is 17.1 Å². The van der Waals surface area contributed by atoms with E-state index in [0.717, 1.165) is 0 Å². The first-order chi connectivity index (χ1) is 12.4. The average Bonchev–Trinajstić information content (AvgIpc) is 3.04. The van der Waals surface area contributed by atoms with Crippen molar-refractivity contribution >= 4 is 0 Å². The van der Waals surface area contributed by atoms with E-state index in [2.05, 4.69) is 19.8 Å². The van der Waals surface area contributed by atoms with E-state index in [0.29, 0.717) is 17.1 Å². The second kappa shape index (κ2) is 6.90. The molecule has 0 atom stereocenters. The van der Waals surface area contributed by atoms with E-state index in [4.69, 9.17) is 4.74 Å². The number of phenols is 1. The molecule has 2 aromatic heterocycles. The topological polar surface area (TPSA) is 82.3 Å². The van der Waals surface area contributed by atoms with E-state index in [1.807, 2.05) is 0 Å². The molecule has 0 bridgehead atoms. The molecule has 1 aromatic carbocycles.